The molecule has 0 saturated heterocycles. The average Bonchev–Trinajstić information content (AvgIpc) is 2.38. The SMILES string of the molecule is CCCCCc1cccc2cc(C(=O)O)ccc12. The van der Waals surface area contributed by atoms with Crippen LogP contribution in [0.4, 0.5) is 0 Å². The molecular formula is C16H18O2. The Morgan fingerprint density at radius 2 is 2.00 bits per heavy atom. The third-order valence-corrected chi connectivity index (χ3v) is 3.27. The Morgan fingerprint density at radius 3 is 2.72 bits per heavy atom. The van der Waals surface area contributed by atoms with Gasteiger partial charge in [-0.3, -0.25) is 0 Å². The molecule has 2 nitrogen and oxygen atoms in total. The summed E-state index contributed by atoms with van der Waals surface area (Å²) < 4.78 is 0. The van der Waals surface area contributed by atoms with Gasteiger partial charge in [0.25, 0.3) is 0 Å². The number of rotatable bonds is 5. The van der Waals surface area contributed by atoms with E-state index in [1.165, 1.54) is 30.2 Å². The molecule has 2 rings (SSSR count). The van der Waals surface area contributed by atoms with Gasteiger partial charge in [0.2, 0.25) is 0 Å². The minimum Gasteiger partial charge on any atom is -0.478 e. The van der Waals surface area contributed by atoms with E-state index in [0.29, 0.717) is 5.56 Å². The van der Waals surface area contributed by atoms with E-state index in [0.717, 1.165) is 11.8 Å². The number of unbranched alkanes of at least 4 members (excludes halogenated alkanes) is 2. The topological polar surface area (TPSA) is 37.3 Å². The first-order chi connectivity index (χ1) is 8.72. The summed E-state index contributed by atoms with van der Waals surface area (Å²) in [6.07, 6.45) is 4.71. The fourth-order valence-electron chi connectivity index (χ4n) is 2.27. The number of carbonyl (C=O) groups is 1. The molecule has 18 heavy (non-hydrogen) atoms. The summed E-state index contributed by atoms with van der Waals surface area (Å²) in [5.74, 6) is -0.867. The maximum atomic E-state index is 10.9. The van der Waals surface area contributed by atoms with E-state index in [1.54, 1.807) is 12.1 Å². The second kappa shape index (κ2) is 5.67. The van der Waals surface area contributed by atoms with E-state index in [-0.39, 0.29) is 0 Å². The number of benzene rings is 2. The summed E-state index contributed by atoms with van der Waals surface area (Å²) >= 11 is 0. The number of aromatic carboxylic acids is 1. The van der Waals surface area contributed by atoms with Crippen molar-refractivity contribution in [3.8, 4) is 0 Å². The lowest BCUT2D eigenvalue weighted by atomic mass is 9.98. The highest BCUT2D eigenvalue weighted by molar-refractivity contribution is 5.95. The average molecular weight is 242 g/mol. The second-order valence-electron chi connectivity index (χ2n) is 4.62. The van der Waals surface area contributed by atoms with Crippen LogP contribution in [-0.4, -0.2) is 11.1 Å². The molecule has 0 fully saturated rings. The van der Waals surface area contributed by atoms with Gasteiger partial charge in [0, 0.05) is 0 Å². The van der Waals surface area contributed by atoms with Crippen molar-refractivity contribution in [2.45, 2.75) is 32.6 Å². The van der Waals surface area contributed by atoms with Gasteiger partial charge in [0.15, 0.2) is 0 Å². The number of carboxylic acid groups (broad SMARTS) is 1. The minimum absolute atomic E-state index is 0.355. The minimum atomic E-state index is -0.867. The van der Waals surface area contributed by atoms with Crippen LogP contribution in [0.2, 0.25) is 0 Å². The zero-order valence-corrected chi connectivity index (χ0v) is 10.6. The normalized spacial score (nSPS) is 10.7. The highest BCUT2D eigenvalue weighted by Gasteiger charge is 2.05. The molecular weight excluding hydrogens is 224 g/mol. The quantitative estimate of drug-likeness (QED) is 0.795. The van der Waals surface area contributed by atoms with E-state index in [4.69, 9.17) is 5.11 Å². The molecule has 0 spiro atoms. The summed E-state index contributed by atoms with van der Waals surface area (Å²) in [5, 5.41) is 11.2. The summed E-state index contributed by atoms with van der Waals surface area (Å²) in [7, 11) is 0. The van der Waals surface area contributed by atoms with Crippen LogP contribution in [-0.2, 0) is 6.42 Å². The molecule has 0 amide bonds. The number of fused-ring (bicyclic) bond motifs is 1. The van der Waals surface area contributed by atoms with Crippen molar-refractivity contribution in [3.63, 3.8) is 0 Å². The van der Waals surface area contributed by atoms with Crippen LogP contribution >= 0.6 is 0 Å². The van der Waals surface area contributed by atoms with Crippen LogP contribution in [0.5, 0.6) is 0 Å². The first-order valence-corrected chi connectivity index (χ1v) is 6.47. The summed E-state index contributed by atoms with van der Waals surface area (Å²) in [5.41, 5.74) is 1.67. The first-order valence-electron chi connectivity index (χ1n) is 6.47. The molecule has 0 saturated carbocycles. The number of aryl methyl sites for hydroxylation is 1. The zero-order chi connectivity index (χ0) is 13.0. The zero-order valence-electron chi connectivity index (χ0n) is 10.6. The molecule has 2 aromatic carbocycles. The van der Waals surface area contributed by atoms with Crippen molar-refractivity contribution in [2.24, 2.45) is 0 Å². The van der Waals surface area contributed by atoms with Crippen LogP contribution in [0, 0.1) is 0 Å². The largest absolute Gasteiger partial charge is 0.478 e. The number of hydrogen-bond donors (Lipinski definition) is 1. The van der Waals surface area contributed by atoms with Crippen molar-refractivity contribution in [3.05, 3.63) is 47.5 Å². The molecule has 0 aliphatic carbocycles. The van der Waals surface area contributed by atoms with Gasteiger partial charge in [-0.15, -0.1) is 0 Å². The fourth-order valence-corrected chi connectivity index (χ4v) is 2.27. The van der Waals surface area contributed by atoms with Crippen molar-refractivity contribution < 1.29 is 9.90 Å². The van der Waals surface area contributed by atoms with Gasteiger partial charge in [0.05, 0.1) is 5.56 Å². The van der Waals surface area contributed by atoms with Gasteiger partial charge >= 0.3 is 5.97 Å². The van der Waals surface area contributed by atoms with Crippen LogP contribution in [0.15, 0.2) is 36.4 Å². The Morgan fingerprint density at radius 1 is 1.17 bits per heavy atom. The van der Waals surface area contributed by atoms with E-state index in [1.807, 2.05) is 18.2 Å². The molecule has 1 N–H and O–H groups in total. The summed E-state index contributed by atoms with van der Waals surface area (Å²) in [6.45, 7) is 2.20. The molecule has 0 heterocycles. The molecule has 2 heteroatoms. The highest BCUT2D eigenvalue weighted by atomic mass is 16.4. The third kappa shape index (κ3) is 2.70. The lowest BCUT2D eigenvalue weighted by Gasteiger charge is -2.07. The fraction of sp³-hybridized carbons (Fsp3) is 0.312. The maximum absolute atomic E-state index is 10.9. The summed E-state index contributed by atoms with van der Waals surface area (Å²) in [4.78, 5) is 10.9. The predicted octanol–water partition coefficient (Wildman–Crippen LogP) is 4.27. The van der Waals surface area contributed by atoms with Crippen molar-refractivity contribution in [1.82, 2.24) is 0 Å². The van der Waals surface area contributed by atoms with E-state index < -0.39 is 5.97 Å². The molecule has 0 aliphatic rings. The van der Waals surface area contributed by atoms with E-state index in [2.05, 4.69) is 13.0 Å². The first kappa shape index (κ1) is 12.6. The van der Waals surface area contributed by atoms with Gasteiger partial charge in [-0.25, -0.2) is 4.79 Å². The standard InChI is InChI=1S/C16H18O2/c1-2-3-4-6-12-7-5-8-13-11-14(16(17)18)9-10-15(12)13/h5,7-11H,2-4,6H2,1H3,(H,17,18). The highest BCUT2D eigenvalue weighted by Crippen LogP contribution is 2.22. The van der Waals surface area contributed by atoms with Crippen LogP contribution in [0.25, 0.3) is 10.8 Å². The molecule has 0 atom stereocenters. The number of carboxylic acids is 1. The lowest BCUT2D eigenvalue weighted by molar-refractivity contribution is 0.0697. The molecule has 0 radical (unpaired) electrons. The summed E-state index contributed by atoms with van der Waals surface area (Å²) in [6, 6.07) is 11.5. The third-order valence-electron chi connectivity index (χ3n) is 3.27. The predicted molar refractivity (Wildman–Crippen MR) is 74.1 cm³/mol. The Hall–Kier alpha value is -1.83. The van der Waals surface area contributed by atoms with Gasteiger partial charge in [-0.05, 0) is 41.3 Å². The van der Waals surface area contributed by atoms with Gasteiger partial charge < -0.3 is 5.11 Å². The Labute approximate surface area is 107 Å². The lowest BCUT2D eigenvalue weighted by Crippen LogP contribution is -1.96. The van der Waals surface area contributed by atoms with Gasteiger partial charge in [-0.1, -0.05) is 44.0 Å². The van der Waals surface area contributed by atoms with Crippen LogP contribution < -0.4 is 0 Å². The Kier molecular flexibility index (Phi) is 3.98. The van der Waals surface area contributed by atoms with Crippen molar-refractivity contribution >= 4 is 16.7 Å². The van der Waals surface area contributed by atoms with Crippen LogP contribution in [0.3, 0.4) is 0 Å². The monoisotopic (exact) mass is 242 g/mol. The molecule has 2 aromatic rings. The Balaban J connectivity index is 2.34. The molecule has 0 bridgehead atoms. The van der Waals surface area contributed by atoms with E-state index >= 15 is 0 Å². The Bertz CT molecular complexity index is 558. The van der Waals surface area contributed by atoms with Crippen molar-refractivity contribution in [1.29, 1.82) is 0 Å². The van der Waals surface area contributed by atoms with Crippen LogP contribution in [0.1, 0.15) is 42.1 Å². The molecule has 0 unspecified atom stereocenters. The van der Waals surface area contributed by atoms with Crippen molar-refractivity contribution in [2.75, 3.05) is 0 Å². The second-order valence-corrected chi connectivity index (χ2v) is 4.62. The molecule has 94 valence electrons. The smallest absolute Gasteiger partial charge is 0.335 e. The maximum Gasteiger partial charge on any atom is 0.335 e. The molecule has 0 aromatic heterocycles. The van der Waals surface area contributed by atoms with Gasteiger partial charge in [-0.2, -0.15) is 0 Å². The molecule has 0 aliphatic heterocycles. The van der Waals surface area contributed by atoms with Gasteiger partial charge in [0.1, 0.15) is 0 Å². The van der Waals surface area contributed by atoms with E-state index in [9.17, 15) is 4.79 Å². The number of hydrogen-bond acceptors (Lipinski definition) is 1.